The minimum atomic E-state index is -0.663. The fourth-order valence-electron chi connectivity index (χ4n) is 3.35. The van der Waals surface area contributed by atoms with Gasteiger partial charge in [-0.2, -0.15) is 0 Å². The molecule has 3 rings (SSSR count). The number of amides is 1. The number of nitrogens with one attached hydrogen (secondary N) is 1. The lowest BCUT2D eigenvalue weighted by Crippen LogP contribution is -2.31. The van der Waals surface area contributed by atoms with E-state index < -0.39 is 11.2 Å². The number of aromatic hydroxyl groups is 1. The molecule has 0 aliphatic carbocycles. The Labute approximate surface area is 173 Å². The van der Waals surface area contributed by atoms with Crippen molar-refractivity contribution in [2.75, 3.05) is 13.6 Å². The van der Waals surface area contributed by atoms with Crippen molar-refractivity contribution < 1.29 is 9.90 Å². The predicted molar refractivity (Wildman–Crippen MR) is 114 cm³/mol. The van der Waals surface area contributed by atoms with Gasteiger partial charge in [-0.1, -0.05) is 31.5 Å². The highest BCUT2D eigenvalue weighted by Crippen LogP contribution is 2.23. The summed E-state index contributed by atoms with van der Waals surface area (Å²) in [5, 5.41) is 12.3. The van der Waals surface area contributed by atoms with E-state index in [-0.39, 0.29) is 17.4 Å². The molecule has 0 radical (unpaired) electrons. The van der Waals surface area contributed by atoms with Gasteiger partial charge in [-0.25, -0.2) is 9.79 Å². The fourth-order valence-corrected chi connectivity index (χ4v) is 3.35. The number of unbranched alkanes of at least 4 members (excludes halogenated alkanes) is 1. The summed E-state index contributed by atoms with van der Waals surface area (Å²) < 4.78 is 1.17. The van der Waals surface area contributed by atoms with Crippen LogP contribution >= 0.6 is 0 Å². The number of hydrogen-bond donors (Lipinski definition) is 2. The third-order valence-corrected chi connectivity index (χ3v) is 5.24. The minimum Gasteiger partial charge on any atom is -0.494 e. The standard InChI is InChI=1S/C22H26N4O4/c1-4-5-11-26-21(29)17(20(28)24-22(26)30)13-19-16(10-12-25(3)14(2)27)15-8-6-7-9-18(15)23-19/h6-9,13,29H,4-5,10-12H2,1-3H3,(H,24,28,30)/b19-13-. The maximum atomic E-state index is 12.4. The molecule has 0 bridgehead atoms. The van der Waals surface area contributed by atoms with Crippen molar-refractivity contribution in [1.82, 2.24) is 14.5 Å². The summed E-state index contributed by atoms with van der Waals surface area (Å²) in [5.74, 6) is -0.405. The van der Waals surface area contributed by atoms with Crippen LogP contribution in [0, 0.1) is 0 Å². The molecule has 0 atom stereocenters. The maximum absolute atomic E-state index is 12.4. The zero-order valence-electron chi connectivity index (χ0n) is 17.4. The van der Waals surface area contributed by atoms with Crippen LogP contribution in [0.5, 0.6) is 5.88 Å². The van der Waals surface area contributed by atoms with Crippen molar-refractivity contribution in [2.24, 2.45) is 4.99 Å². The normalized spacial score (nSPS) is 14.0. The fraction of sp³-hybridized carbons (Fsp3) is 0.364. The Morgan fingerprint density at radius 3 is 2.73 bits per heavy atom. The maximum Gasteiger partial charge on any atom is 0.331 e. The smallest absolute Gasteiger partial charge is 0.331 e. The molecule has 2 aromatic rings. The third kappa shape index (κ3) is 4.27. The number of fused-ring (bicyclic) bond motifs is 1. The molecule has 0 saturated carbocycles. The number of hydrogen-bond acceptors (Lipinski definition) is 5. The Kier molecular flexibility index (Phi) is 6.34. The van der Waals surface area contributed by atoms with E-state index in [0.29, 0.717) is 31.6 Å². The number of carbonyl (C=O) groups is 1. The van der Waals surface area contributed by atoms with Gasteiger partial charge in [-0.05, 0) is 30.6 Å². The summed E-state index contributed by atoms with van der Waals surface area (Å²) in [6, 6.07) is 7.59. The van der Waals surface area contributed by atoms with Crippen molar-refractivity contribution in [1.29, 1.82) is 0 Å². The summed E-state index contributed by atoms with van der Waals surface area (Å²) in [7, 11) is 1.73. The number of allylic oxidation sites excluding steroid dienone is 1. The Morgan fingerprint density at radius 1 is 1.30 bits per heavy atom. The van der Waals surface area contributed by atoms with Crippen LogP contribution in [0.2, 0.25) is 0 Å². The van der Waals surface area contributed by atoms with Crippen LogP contribution in [0.3, 0.4) is 0 Å². The van der Waals surface area contributed by atoms with Gasteiger partial charge in [-0.15, -0.1) is 0 Å². The van der Waals surface area contributed by atoms with E-state index in [4.69, 9.17) is 0 Å². The van der Waals surface area contributed by atoms with Crippen molar-refractivity contribution in [2.45, 2.75) is 39.7 Å². The Hall–Kier alpha value is -3.42. The van der Waals surface area contributed by atoms with Gasteiger partial charge in [0.15, 0.2) is 0 Å². The van der Waals surface area contributed by atoms with Crippen molar-refractivity contribution in [3.05, 3.63) is 66.9 Å². The summed E-state index contributed by atoms with van der Waals surface area (Å²) in [5.41, 5.74) is 0.115. The quantitative estimate of drug-likeness (QED) is 0.702. The van der Waals surface area contributed by atoms with Gasteiger partial charge < -0.3 is 10.0 Å². The summed E-state index contributed by atoms with van der Waals surface area (Å²) in [6.07, 6.45) is 3.59. The first kappa shape index (κ1) is 21.3. The number of carbonyl (C=O) groups excluding carboxylic acids is 1. The second-order valence-corrected chi connectivity index (χ2v) is 7.33. The molecular formula is C22H26N4O4. The van der Waals surface area contributed by atoms with Crippen molar-refractivity contribution in [3.63, 3.8) is 0 Å². The molecule has 0 saturated heterocycles. The van der Waals surface area contributed by atoms with Gasteiger partial charge in [0, 0.05) is 32.3 Å². The van der Waals surface area contributed by atoms with Crippen LogP contribution in [0.4, 0.5) is 0 Å². The Bertz CT molecular complexity index is 1240. The topological polar surface area (TPSA) is 108 Å². The van der Waals surface area contributed by atoms with E-state index in [2.05, 4.69) is 9.98 Å². The van der Waals surface area contributed by atoms with E-state index in [9.17, 15) is 19.5 Å². The lowest BCUT2D eigenvalue weighted by Gasteiger charge is -2.15. The van der Waals surface area contributed by atoms with E-state index in [1.54, 1.807) is 11.9 Å². The van der Waals surface area contributed by atoms with Gasteiger partial charge in [-0.3, -0.25) is 19.1 Å². The van der Waals surface area contributed by atoms with Gasteiger partial charge in [0.05, 0.1) is 11.1 Å². The molecule has 0 fully saturated rings. The van der Waals surface area contributed by atoms with Crippen molar-refractivity contribution in [3.8, 4) is 5.88 Å². The average molecular weight is 410 g/mol. The van der Waals surface area contributed by atoms with Crippen LogP contribution in [0.1, 0.15) is 38.7 Å². The lowest BCUT2D eigenvalue weighted by atomic mass is 10.1. The van der Waals surface area contributed by atoms with E-state index in [0.717, 1.165) is 22.6 Å². The average Bonchev–Trinajstić information content (AvgIpc) is 3.06. The van der Waals surface area contributed by atoms with E-state index in [1.807, 2.05) is 31.2 Å². The zero-order chi connectivity index (χ0) is 21.8. The lowest BCUT2D eigenvalue weighted by molar-refractivity contribution is -0.127. The number of aromatic nitrogens is 2. The molecule has 1 aromatic heterocycles. The van der Waals surface area contributed by atoms with Crippen LogP contribution in [0.25, 0.3) is 11.6 Å². The molecule has 1 aromatic carbocycles. The number of para-hydroxylation sites is 1. The monoisotopic (exact) mass is 410 g/mol. The van der Waals surface area contributed by atoms with Gasteiger partial charge in [0.2, 0.25) is 11.8 Å². The highest BCUT2D eigenvalue weighted by molar-refractivity contribution is 5.77. The first-order chi connectivity index (χ1) is 14.3. The molecule has 1 aliphatic heterocycles. The molecule has 8 nitrogen and oxygen atoms in total. The number of rotatable bonds is 7. The van der Waals surface area contributed by atoms with Gasteiger partial charge >= 0.3 is 5.69 Å². The molecule has 0 unspecified atom stereocenters. The minimum absolute atomic E-state index is 0.00492. The molecule has 30 heavy (non-hydrogen) atoms. The van der Waals surface area contributed by atoms with E-state index >= 15 is 0 Å². The van der Waals surface area contributed by atoms with Crippen LogP contribution < -0.4 is 21.8 Å². The molecule has 0 spiro atoms. The number of H-pyrrole nitrogens is 1. The number of benzene rings is 1. The second-order valence-electron chi connectivity index (χ2n) is 7.33. The highest BCUT2D eigenvalue weighted by atomic mass is 16.3. The summed E-state index contributed by atoms with van der Waals surface area (Å²) in [6.45, 7) is 4.28. The molecule has 1 aliphatic rings. The zero-order valence-corrected chi connectivity index (χ0v) is 17.4. The van der Waals surface area contributed by atoms with Crippen LogP contribution in [0.15, 0.2) is 44.5 Å². The van der Waals surface area contributed by atoms with Crippen LogP contribution in [-0.4, -0.2) is 39.1 Å². The third-order valence-electron chi connectivity index (χ3n) is 5.24. The molecule has 1 amide bonds. The van der Waals surface area contributed by atoms with Crippen molar-refractivity contribution >= 4 is 17.6 Å². The van der Waals surface area contributed by atoms with Gasteiger partial charge in [0.1, 0.15) is 5.56 Å². The summed E-state index contributed by atoms with van der Waals surface area (Å²) >= 11 is 0. The first-order valence-electron chi connectivity index (χ1n) is 10.00. The van der Waals surface area contributed by atoms with Crippen LogP contribution in [-0.2, 0) is 11.3 Å². The highest BCUT2D eigenvalue weighted by Gasteiger charge is 2.18. The Balaban J connectivity index is 2.10. The Morgan fingerprint density at radius 2 is 2.03 bits per heavy atom. The first-order valence-corrected chi connectivity index (χ1v) is 10.00. The number of nitrogens with zero attached hydrogens (tertiary/aromatic N) is 3. The molecule has 2 heterocycles. The molecule has 2 N–H and O–H groups in total. The predicted octanol–water partition coefficient (Wildman–Crippen LogP) is 0.736. The van der Waals surface area contributed by atoms with Gasteiger partial charge in [0.25, 0.3) is 5.56 Å². The molecule has 158 valence electrons. The van der Waals surface area contributed by atoms with E-state index in [1.165, 1.54) is 17.6 Å². The second kappa shape index (κ2) is 8.94. The SMILES string of the molecule is CCCCn1c(O)c(/C=C2\N=c3ccccc3=C2CCN(C)C(C)=O)c(=O)[nH]c1=O. The number of aromatic amines is 1. The summed E-state index contributed by atoms with van der Waals surface area (Å²) in [4.78, 5) is 44.6. The largest absolute Gasteiger partial charge is 0.494 e. The molecule has 8 heteroatoms. The molecular weight excluding hydrogens is 384 g/mol.